The highest BCUT2D eigenvalue weighted by Gasteiger charge is 2.40. The number of nitrogens with zero attached hydrogens (tertiary/aromatic N) is 3. The molecular weight excluding hydrogens is 270 g/mol. The molecule has 0 saturated carbocycles. The molecule has 0 saturated heterocycles. The maximum Gasteiger partial charge on any atom is 0.258 e. The number of amides is 1. The van der Waals surface area contributed by atoms with Gasteiger partial charge in [-0.3, -0.25) is 14.7 Å². The van der Waals surface area contributed by atoms with Crippen molar-refractivity contribution >= 4 is 34.4 Å². The molecule has 0 aromatic carbocycles. The number of amidine groups is 1. The van der Waals surface area contributed by atoms with Gasteiger partial charge < -0.3 is 0 Å². The van der Waals surface area contributed by atoms with E-state index in [0.29, 0.717) is 0 Å². The molecule has 104 valence electrons. The van der Waals surface area contributed by atoms with Gasteiger partial charge in [0.05, 0.1) is 5.56 Å². The second kappa shape index (κ2) is 4.25. The summed E-state index contributed by atoms with van der Waals surface area (Å²) in [6.07, 6.45) is 6.41. The Bertz CT molecular complexity index is 656. The first-order valence-corrected chi connectivity index (χ1v) is 8.08. The lowest BCUT2D eigenvalue weighted by molar-refractivity contribution is -0.125. The number of fused-ring (bicyclic) bond motifs is 5. The molecule has 3 heterocycles. The molecule has 20 heavy (non-hydrogen) atoms. The third-order valence-electron chi connectivity index (χ3n) is 4.28. The molecule has 0 N–H and O–H groups in total. The van der Waals surface area contributed by atoms with E-state index in [9.17, 15) is 4.79 Å². The summed E-state index contributed by atoms with van der Waals surface area (Å²) in [6, 6.07) is -0.249. The normalized spacial score (nSPS) is 23.8. The monoisotopic (exact) mass is 287 g/mol. The number of aryl methyl sites for hydroxylation is 1. The summed E-state index contributed by atoms with van der Waals surface area (Å²) in [5.74, 6) is 1.14. The summed E-state index contributed by atoms with van der Waals surface area (Å²) in [5.41, 5.74) is 2.54. The number of hydrogen-bond donors (Lipinski definition) is 0. The molecule has 0 bridgehead atoms. The van der Waals surface area contributed by atoms with Crippen LogP contribution in [-0.2, 0) is 17.6 Å². The van der Waals surface area contributed by atoms with Gasteiger partial charge in [0.2, 0.25) is 0 Å². The minimum atomic E-state index is -0.249. The Labute approximate surface area is 122 Å². The van der Waals surface area contributed by atoms with Crippen LogP contribution in [0.3, 0.4) is 0 Å². The molecule has 1 amide bonds. The van der Waals surface area contributed by atoms with E-state index >= 15 is 0 Å². The van der Waals surface area contributed by atoms with Crippen LogP contribution in [-0.4, -0.2) is 29.0 Å². The van der Waals surface area contributed by atoms with E-state index in [2.05, 4.69) is 4.99 Å². The Hall–Kier alpha value is -1.49. The molecule has 5 heteroatoms. The predicted octanol–water partition coefficient (Wildman–Crippen LogP) is 2.91. The predicted molar refractivity (Wildman–Crippen MR) is 81.1 cm³/mol. The quantitative estimate of drug-likeness (QED) is 0.783. The highest BCUT2D eigenvalue weighted by atomic mass is 32.1. The fourth-order valence-corrected chi connectivity index (χ4v) is 4.43. The van der Waals surface area contributed by atoms with Crippen LogP contribution in [0.15, 0.2) is 9.98 Å². The molecule has 0 fully saturated rings. The maximum atomic E-state index is 12.4. The largest absolute Gasteiger partial charge is 0.272 e. The van der Waals surface area contributed by atoms with Gasteiger partial charge in [-0.2, -0.15) is 0 Å². The molecule has 1 aliphatic carbocycles. The summed E-state index contributed by atoms with van der Waals surface area (Å²) in [4.78, 5) is 24.7. The fourth-order valence-electron chi connectivity index (χ4n) is 3.21. The number of carbonyl (C=O) groups is 1. The lowest BCUT2D eigenvalue weighted by atomic mass is 9.94. The standard InChI is InChI=1S/C15H17N3OS/c1-8(2)12-15(19)18-7-16-14-11(13(18)17-12)9-5-3-4-6-10(9)20-14/h7-8,12H,3-6H2,1-2H3. The van der Waals surface area contributed by atoms with E-state index < -0.39 is 0 Å². The first kappa shape index (κ1) is 12.3. The topological polar surface area (TPSA) is 45.0 Å². The molecule has 0 radical (unpaired) electrons. The van der Waals surface area contributed by atoms with E-state index in [1.807, 2.05) is 13.8 Å². The van der Waals surface area contributed by atoms with Crippen molar-refractivity contribution in [1.82, 2.24) is 4.90 Å². The molecule has 3 aliphatic rings. The molecule has 2 aliphatic heterocycles. The fraction of sp³-hybridized carbons (Fsp3) is 0.533. The second-order valence-electron chi connectivity index (χ2n) is 5.99. The first-order chi connectivity index (χ1) is 9.66. The van der Waals surface area contributed by atoms with Gasteiger partial charge in [-0.1, -0.05) is 13.8 Å². The number of rotatable bonds is 1. The Morgan fingerprint density at radius 3 is 2.95 bits per heavy atom. The number of thiophene rings is 1. The van der Waals surface area contributed by atoms with Crippen LogP contribution in [0, 0.1) is 5.92 Å². The van der Waals surface area contributed by atoms with E-state index in [1.165, 1.54) is 23.3 Å². The third-order valence-corrected chi connectivity index (χ3v) is 5.48. The number of hydrogen-bond acceptors (Lipinski definition) is 4. The van der Waals surface area contributed by atoms with Gasteiger partial charge in [0.15, 0.2) is 0 Å². The van der Waals surface area contributed by atoms with Crippen LogP contribution in [0.1, 0.15) is 42.7 Å². The van der Waals surface area contributed by atoms with Gasteiger partial charge in [0, 0.05) is 4.88 Å². The van der Waals surface area contributed by atoms with Crippen molar-refractivity contribution in [3.8, 4) is 0 Å². The van der Waals surface area contributed by atoms with Gasteiger partial charge >= 0.3 is 0 Å². The van der Waals surface area contributed by atoms with Crippen LogP contribution in [0.4, 0.5) is 5.00 Å². The lowest BCUT2D eigenvalue weighted by Crippen LogP contribution is -2.37. The van der Waals surface area contributed by atoms with E-state index in [-0.39, 0.29) is 17.9 Å². The average Bonchev–Trinajstić information content (AvgIpc) is 2.96. The molecule has 4 rings (SSSR count). The van der Waals surface area contributed by atoms with Gasteiger partial charge in [-0.25, -0.2) is 4.99 Å². The summed E-state index contributed by atoms with van der Waals surface area (Å²) in [6.45, 7) is 4.10. The van der Waals surface area contributed by atoms with E-state index in [4.69, 9.17) is 4.99 Å². The highest BCUT2D eigenvalue weighted by molar-refractivity contribution is 7.16. The smallest absolute Gasteiger partial charge is 0.258 e. The van der Waals surface area contributed by atoms with Crippen LogP contribution in [0.25, 0.3) is 0 Å². The lowest BCUT2D eigenvalue weighted by Gasteiger charge is -2.19. The molecule has 1 aromatic heterocycles. The number of carbonyl (C=O) groups excluding carboxylic acids is 1. The van der Waals surface area contributed by atoms with E-state index in [0.717, 1.165) is 29.2 Å². The Kier molecular flexibility index (Phi) is 2.61. The van der Waals surface area contributed by atoms with Crippen molar-refractivity contribution in [1.29, 1.82) is 0 Å². The van der Waals surface area contributed by atoms with Gasteiger partial charge in [-0.05, 0) is 37.2 Å². The van der Waals surface area contributed by atoms with E-state index in [1.54, 1.807) is 22.6 Å². The zero-order valence-electron chi connectivity index (χ0n) is 11.7. The Morgan fingerprint density at radius 1 is 1.35 bits per heavy atom. The minimum absolute atomic E-state index is 0.0696. The highest BCUT2D eigenvalue weighted by Crippen LogP contribution is 2.43. The zero-order chi connectivity index (χ0) is 13.9. The summed E-state index contributed by atoms with van der Waals surface area (Å²) >= 11 is 1.78. The van der Waals surface area contributed by atoms with Crippen molar-refractivity contribution in [3.05, 3.63) is 16.0 Å². The van der Waals surface area contributed by atoms with Gasteiger partial charge in [0.1, 0.15) is 23.2 Å². The molecule has 1 aromatic rings. The molecule has 4 nitrogen and oxygen atoms in total. The zero-order valence-corrected chi connectivity index (χ0v) is 12.5. The second-order valence-corrected chi connectivity index (χ2v) is 7.07. The van der Waals surface area contributed by atoms with Crippen molar-refractivity contribution in [2.45, 2.75) is 45.6 Å². The van der Waals surface area contributed by atoms with Crippen molar-refractivity contribution in [2.75, 3.05) is 0 Å². The van der Waals surface area contributed by atoms with Crippen LogP contribution in [0.2, 0.25) is 0 Å². The molecular formula is C15H17N3OS. The first-order valence-electron chi connectivity index (χ1n) is 7.27. The SMILES string of the molecule is CC(C)C1N=C2c3c(sc4c3CCCC4)N=CN2C1=O. The van der Waals surface area contributed by atoms with Crippen molar-refractivity contribution < 1.29 is 4.79 Å². The summed E-state index contributed by atoms with van der Waals surface area (Å²) < 4.78 is 0. The van der Waals surface area contributed by atoms with Crippen LogP contribution < -0.4 is 0 Å². The minimum Gasteiger partial charge on any atom is -0.272 e. The van der Waals surface area contributed by atoms with Gasteiger partial charge in [-0.15, -0.1) is 11.3 Å². The average molecular weight is 287 g/mol. The molecule has 1 unspecified atom stereocenters. The molecule has 0 spiro atoms. The number of aliphatic imine (C=N–C) groups is 2. The van der Waals surface area contributed by atoms with Gasteiger partial charge in [0.25, 0.3) is 5.91 Å². The van der Waals surface area contributed by atoms with Crippen LogP contribution in [0.5, 0.6) is 0 Å². The maximum absolute atomic E-state index is 12.4. The summed E-state index contributed by atoms with van der Waals surface area (Å²) in [7, 11) is 0. The Morgan fingerprint density at radius 2 is 2.15 bits per heavy atom. The van der Waals surface area contributed by atoms with Crippen LogP contribution >= 0.6 is 11.3 Å². The third kappa shape index (κ3) is 1.56. The van der Waals surface area contributed by atoms with Crippen molar-refractivity contribution in [3.63, 3.8) is 0 Å². The molecule has 1 atom stereocenters. The Balaban J connectivity index is 1.87. The van der Waals surface area contributed by atoms with Crippen molar-refractivity contribution in [2.24, 2.45) is 15.9 Å². The summed E-state index contributed by atoms with van der Waals surface area (Å²) in [5, 5.41) is 1.05.